The van der Waals surface area contributed by atoms with Crippen molar-refractivity contribution < 1.29 is 23.1 Å². The summed E-state index contributed by atoms with van der Waals surface area (Å²) in [7, 11) is 0. The molecule has 0 spiro atoms. The lowest BCUT2D eigenvalue weighted by atomic mass is 9.84. The van der Waals surface area contributed by atoms with Crippen molar-refractivity contribution in [2.75, 3.05) is 11.4 Å². The third kappa shape index (κ3) is 4.75. The monoisotopic (exact) mass is 397 g/mol. The average molecular weight is 398 g/mol. The maximum atomic E-state index is 12.9. The van der Waals surface area contributed by atoms with Crippen molar-refractivity contribution in [3.8, 4) is 0 Å². The summed E-state index contributed by atoms with van der Waals surface area (Å²) in [6.45, 7) is 0.630. The molecule has 0 bridgehead atoms. The van der Waals surface area contributed by atoms with E-state index in [2.05, 4.69) is 4.90 Å². The minimum absolute atomic E-state index is 0.0154. The highest BCUT2D eigenvalue weighted by Crippen LogP contribution is 2.40. The van der Waals surface area contributed by atoms with Gasteiger partial charge in [0.1, 0.15) is 0 Å². The van der Waals surface area contributed by atoms with Crippen molar-refractivity contribution in [1.82, 2.24) is 0 Å². The van der Waals surface area contributed by atoms with Crippen LogP contribution in [0, 0.1) is 5.92 Å². The maximum Gasteiger partial charge on any atom is 0.416 e. The van der Waals surface area contributed by atoms with Gasteiger partial charge in [-0.1, -0.05) is 23.7 Å². The van der Waals surface area contributed by atoms with E-state index in [0.717, 1.165) is 23.4 Å². The quantitative estimate of drug-likeness (QED) is 0.709. The number of benzene rings is 2. The Morgan fingerprint density at radius 1 is 1.11 bits per heavy atom. The fraction of sp³-hybridized carbons (Fsp3) is 0.350. The van der Waals surface area contributed by atoms with Crippen molar-refractivity contribution in [3.05, 3.63) is 64.7 Å². The molecular formula is C20H19ClF3NO2. The number of carbonyl (C=O) groups is 1. The van der Waals surface area contributed by atoms with Gasteiger partial charge < -0.3 is 10.0 Å². The normalized spacial score (nSPS) is 20.5. The highest BCUT2D eigenvalue weighted by Gasteiger charge is 2.33. The standard InChI is InChI=1S/C20H19ClF3NO2/c21-16-5-7-17(8-6-16)25-10-9-13(12-19(26)27)11-18(25)14-1-3-15(4-2-14)20(22,23)24/h1-8,13,18H,9-12H2,(H,26,27)/t13-,18+/m1/s1. The fourth-order valence-corrected chi connectivity index (χ4v) is 3.75. The molecule has 1 saturated heterocycles. The number of anilines is 1. The molecule has 2 aromatic rings. The molecule has 3 rings (SSSR count). The topological polar surface area (TPSA) is 40.5 Å². The molecule has 1 N–H and O–H groups in total. The van der Waals surface area contributed by atoms with Gasteiger partial charge in [-0.3, -0.25) is 4.79 Å². The second kappa shape index (κ2) is 7.80. The summed E-state index contributed by atoms with van der Waals surface area (Å²) in [5.41, 5.74) is 0.966. The summed E-state index contributed by atoms with van der Waals surface area (Å²) in [5.74, 6) is -0.871. The van der Waals surface area contributed by atoms with Crippen LogP contribution < -0.4 is 4.90 Å². The lowest BCUT2D eigenvalue weighted by Gasteiger charge is -2.41. The molecule has 0 aliphatic carbocycles. The zero-order valence-electron chi connectivity index (χ0n) is 14.4. The Balaban J connectivity index is 1.91. The summed E-state index contributed by atoms with van der Waals surface area (Å²) in [6.07, 6.45) is -3.04. The lowest BCUT2D eigenvalue weighted by Crippen LogP contribution is -2.37. The molecule has 3 nitrogen and oxygen atoms in total. The zero-order valence-corrected chi connectivity index (χ0v) is 15.2. The van der Waals surface area contributed by atoms with Crippen LogP contribution in [0.2, 0.25) is 5.02 Å². The van der Waals surface area contributed by atoms with E-state index >= 15 is 0 Å². The Bertz CT molecular complexity index is 790. The van der Waals surface area contributed by atoms with Crippen LogP contribution in [0.25, 0.3) is 0 Å². The first-order chi connectivity index (χ1) is 12.7. The van der Waals surface area contributed by atoms with Crippen molar-refractivity contribution in [3.63, 3.8) is 0 Å². The predicted molar refractivity (Wildman–Crippen MR) is 98.0 cm³/mol. The highest BCUT2D eigenvalue weighted by atomic mass is 35.5. The maximum absolute atomic E-state index is 12.9. The first kappa shape index (κ1) is 19.5. The summed E-state index contributed by atoms with van der Waals surface area (Å²) in [4.78, 5) is 13.2. The number of alkyl halides is 3. The average Bonchev–Trinajstić information content (AvgIpc) is 2.61. The van der Waals surface area contributed by atoms with Crippen LogP contribution in [0.1, 0.15) is 36.4 Å². The van der Waals surface area contributed by atoms with Crippen LogP contribution in [-0.4, -0.2) is 17.6 Å². The van der Waals surface area contributed by atoms with Crippen molar-refractivity contribution in [2.45, 2.75) is 31.5 Å². The van der Waals surface area contributed by atoms with Gasteiger partial charge in [-0.2, -0.15) is 13.2 Å². The number of hydrogen-bond acceptors (Lipinski definition) is 2. The molecular weight excluding hydrogens is 379 g/mol. The van der Waals surface area contributed by atoms with Gasteiger partial charge in [0, 0.05) is 23.7 Å². The molecule has 0 radical (unpaired) electrons. The molecule has 1 fully saturated rings. The zero-order chi connectivity index (χ0) is 19.6. The van der Waals surface area contributed by atoms with Crippen molar-refractivity contribution in [2.24, 2.45) is 5.92 Å². The molecule has 2 aromatic carbocycles. The largest absolute Gasteiger partial charge is 0.481 e. The number of aliphatic carboxylic acids is 1. The van der Waals surface area contributed by atoms with Gasteiger partial charge in [0.2, 0.25) is 0 Å². The van der Waals surface area contributed by atoms with Gasteiger partial charge in [0.25, 0.3) is 0 Å². The second-order valence-corrected chi connectivity index (χ2v) is 7.23. The van der Waals surface area contributed by atoms with E-state index in [4.69, 9.17) is 16.7 Å². The van der Waals surface area contributed by atoms with Crippen LogP contribution in [-0.2, 0) is 11.0 Å². The summed E-state index contributed by atoms with van der Waals surface area (Å²) < 4.78 is 38.6. The smallest absolute Gasteiger partial charge is 0.416 e. The molecule has 2 atom stereocenters. The number of piperidine rings is 1. The van der Waals surface area contributed by atoms with E-state index in [9.17, 15) is 18.0 Å². The van der Waals surface area contributed by atoms with E-state index in [1.807, 2.05) is 12.1 Å². The third-order valence-electron chi connectivity index (χ3n) is 4.96. The number of rotatable bonds is 4. The molecule has 1 aliphatic heterocycles. The first-order valence-electron chi connectivity index (χ1n) is 8.65. The van der Waals surface area contributed by atoms with Gasteiger partial charge in [0.15, 0.2) is 0 Å². The van der Waals surface area contributed by atoms with E-state index in [-0.39, 0.29) is 18.4 Å². The summed E-state index contributed by atoms with van der Waals surface area (Å²) in [6, 6.07) is 12.2. The Hall–Kier alpha value is -2.21. The van der Waals surface area contributed by atoms with E-state index in [1.54, 1.807) is 12.1 Å². The Morgan fingerprint density at radius 3 is 2.30 bits per heavy atom. The van der Waals surface area contributed by atoms with E-state index < -0.39 is 17.7 Å². The van der Waals surface area contributed by atoms with Crippen LogP contribution in [0.5, 0.6) is 0 Å². The molecule has 0 saturated carbocycles. The molecule has 0 aromatic heterocycles. The summed E-state index contributed by atoms with van der Waals surface area (Å²) >= 11 is 5.95. The first-order valence-corrected chi connectivity index (χ1v) is 9.03. The van der Waals surface area contributed by atoms with Gasteiger partial charge >= 0.3 is 12.1 Å². The highest BCUT2D eigenvalue weighted by molar-refractivity contribution is 6.30. The van der Waals surface area contributed by atoms with Gasteiger partial charge in [-0.15, -0.1) is 0 Å². The third-order valence-corrected chi connectivity index (χ3v) is 5.21. The molecule has 27 heavy (non-hydrogen) atoms. The Kier molecular flexibility index (Phi) is 5.65. The van der Waals surface area contributed by atoms with Gasteiger partial charge in [0.05, 0.1) is 11.6 Å². The minimum Gasteiger partial charge on any atom is -0.481 e. The molecule has 1 aliphatic rings. The van der Waals surface area contributed by atoms with Crippen LogP contribution in [0.15, 0.2) is 48.5 Å². The number of carboxylic acids is 1. The molecule has 1 heterocycles. The van der Waals surface area contributed by atoms with Crippen molar-refractivity contribution in [1.29, 1.82) is 0 Å². The fourth-order valence-electron chi connectivity index (χ4n) is 3.62. The van der Waals surface area contributed by atoms with Crippen LogP contribution in [0.4, 0.5) is 18.9 Å². The number of halogens is 4. The van der Waals surface area contributed by atoms with Crippen LogP contribution in [0.3, 0.4) is 0 Å². The van der Waals surface area contributed by atoms with Crippen molar-refractivity contribution >= 4 is 23.3 Å². The predicted octanol–water partition coefficient (Wildman–Crippen LogP) is 5.79. The Morgan fingerprint density at radius 2 is 1.74 bits per heavy atom. The van der Waals surface area contributed by atoms with Gasteiger partial charge in [-0.05, 0) is 60.7 Å². The van der Waals surface area contributed by atoms with E-state index in [0.29, 0.717) is 24.4 Å². The van der Waals surface area contributed by atoms with Gasteiger partial charge in [-0.25, -0.2) is 0 Å². The number of carboxylic acid groups (broad SMARTS) is 1. The molecule has 0 amide bonds. The van der Waals surface area contributed by atoms with E-state index in [1.165, 1.54) is 12.1 Å². The SMILES string of the molecule is O=C(O)C[C@@H]1CCN(c2ccc(Cl)cc2)[C@H](c2ccc(C(F)(F)F)cc2)C1. The Labute approximate surface area is 160 Å². The molecule has 0 unspecified atom stereocenters. The number of hydrogen-bond donors (Lipinski definition) is 1. The second-order valence-electron chi connectivity index (χ2n) is 6.79. The minimum atomic E-state index is -4.38. The number of nitrogens with zero attached hydrogens (tertiary/aromatic N) is 1. The molecule has 7 heteroatoms. The lowest BCUT2D eigenvalue weighted by molar-refractivity contribution is -0.139. The summed E-state index contributed by atoms with van der Waals surface area (Å²) in [5, 5.41) is 9.71. The molecule has 144 valence electrons. The van der Waals surface area contributed by atoms with Crippen LogP contribution >= 0.6 is 11.6 Å².